The van der Waals surface area contributed by atoms with Gasteiger partial charge >= 0.3 is 0 Å². The molecule has 21 heavy (non-hydrogen) atoms. The molecule has 6 heteroatoms. The molecular formula is C15H16Cl2N4. The molecule has 110 valence electrons. The molecule has 3 N–H and O–H groups in total. The second-order valence-corrected chi connectivity index (χ2v) is 6.10. The van der Waals surface area contributed by atoms with E-state index in [1.54, 1.807) is 12.1 Å². The van der Waals surface area contributed by atoms with Crippen molar-refractivity contribution in [3.8, 4) is 11.4 Å². The number of halogens is 2. The van der Waals surface area contributed by atoms with E-state index in [0.29, 0.717) is 27.6 Å². The molecule has 0 bridgehead atoms. The minimum absolute atomic E-state index is 0.477. The van der Waals surface area contributed by atoms with Crippen LogP contribution in [0.15, 0.2) is 24.3 Å². The number of hydrogen-bond donors (Lipinski definition) is 2. The molecule has 1 aliphatic rings. The van der Waals surface area contributed by atoms with Gasteiger partial charge in [0, 0.05) is 28.3 Å². The average molecular weight is 323 g/mol. The smallest absolute Gasteiger partial charge is 0.163 e. The first-order chi connectivity index (χ1) is 10.2. The van der Waals surface area contributed by atoms with Crippen LogP contribution in [0.1, 0.15) is 37.3 Å². The lowest BCUT2D eigenvalue weighted by Crippen LogP contribution is -2.11. The topological polar surface area (TPSA) is 63.8 Å². The summed E-state index contributed by atoms with van der Waals surface area (Å²) < 4.78 is 0. The van der Waals surface area contributed by atoms with Gasteiger partial charge in [0.25, 0.3) is 0 Å². The minimum atomic E-state index is 0.477. The van der Waals surface area contributed by atoms with Gasteiger partial charge in [0.15, 0.2) is 5.82 Å². The molecule has 0 amide bonds. The maximum absolute atomic E-state index is 6.26. The Bertz CT molecular complexity index is 654. The van der Waals surface area contributed by atoms with E-state index in [1.165, 1.54) is 12.8 Å². The highest BCUT2D eigenvalue weighted by Gasteiger charge is 2.20. The van der Waals surface area contributed by atoms with Crippen molar-refractivity contribution in [1.82, 2.24) is 9.97 Å². The van der Waals surface area contributed by atoms with Crippen LogP contribution in [-0.4, -0.2) is 9.97 Å². The van der Waals surface area contributed by atoms with E-state index >= 15 is 0 Å². The number of nitrogens with zero attached hydrogens (tertiary/aromatic N) is 2. The fraction of sp³-hybridized carbons (Fsp3) is 0.333. The third kappa shape index (κ3) is 3.12. The largest absolute Gasteiger partial charge is 0.308 e. The van der Waals surface area contributed by atoms with Crippen molar-refractivity contribution >= 4 is 29.0 Å². The predicted octanol–water partition coefficient (Wildman–Crippen LogP) is 4.39. The first-order valence-corrected chi connectivity index (χ1v) is 7.74. The van der Waals surface area contributed by atoms with E-state index in [1.807, 2.05) is 12.1 Å². The Morgan fingerprint density at radius 2 is 1.86 bits per heavy atom. The summed E-state index contributed by atoms with van der Waals surface area (Å²) in [6.45, 7) is 0. The molecule has 0 aliphatic heterocycles. The molecule has 4 nitrogen and oxygen atoms in total. The number of nitrogens with two attached hydrogens (primary N) is 1. The summed E-state index contributed by atoms with van der Waals surface area (Å²) in [4.78, 5) is 9.10. The van der Waals surface area contributed by atoms with Crippen LogP contribution in [0.2, 0.25) is 10.0 Å². The van der Waals surface area contributed by atoms with Gasteiger partial charge in [-0.3, -0.25) is 0 Å². The van der Waals surface area contributed by atoms with Crippen molar-refractivity contribution in [3.63, 3.8) is 0 Å². The van der Waals surface area contributed by atoms with Crippen molar-refractivity contribution in [2.75, 3.05) is 5.43 Å². The van der Waals surface area contributed by atoms with Crippen LogP contribution in [0.4, 0.5) is 5.82 Å². The number of nitrogens with one attached hydrogen (secondary N) is 1. The molecule has 2 aromatic rings. The molecule has 0 radical (unpaired) electrons. The van der Waals surface area contributed by atoms with Gasteiger partial charge in [-0.25, -0.2) is 15.8 Å². The molecule has 1 saturated carbocycles. The fourth-order valence-electron chi connectivity index (χ4n) is 2.76. The number of anilines is 1. The van der Waals surface area contributed by atoms with Crippen molar-refractivity contribution in [3.05, 3.63) is 40.0 Å². The first kappa shape index (κ1) is 14.6. The van der Waals surface area contributed by atoms with Crippen LogP contribution >= 0.6 is 23.2 Å². The van der Waals surface area contributed by atoms with Crippen LogP contribution in [0, 0.1) is 0 Å². The molecule has 1 aromatic heterocycles. The highest BCUT2D eigenvalue weighted by molar-refractivity contribution is 6.36. The highest BCUT2D eigenvalue weighted by atomic mass is 35.5. The van der Waals surface area contributed by atoms with Crippen LogP contribution in [0.25, 0.3) is 11.4 Å². The average Bonchev–Trinajstić information content (AvgIpc) is 3.01. The van der Waals surface area contributed by atoms with E-state index in [-0.39, 0.29) is 0 Å². The molecule has 3 rings (SSSR count). The minimum Gasteiger partial charge on any atom is -0.308 e. The van der Waals surface area contributed by atoms with Crippen molar-refractivity contribution in [2.24, 2.45) is 5.84 Å². The van der Waals surface area contributed by atoms with E-state index in [4.69, 9.17) is 29.0 Å². The monoisotopic (exact) mass is 322 g/mol. The number of hydrazine groups is 1. The molecule has 1 aromatic carbocycles. The number of hydrogen-bond acceptors (Lipinski definition) is 4. The van der Waals surface area contributed by atoms with Gasteiger partial charge in [-0.05, 0) is 31.0 Å². The molecule has 0 unspecified atom stereocenters. The number of benzene rings is 1. The third-order valence-corrected chi connectivity index (χ3v) is 4.39. The zero-order valence-electron chi connectivity index (χ0n) is 11.4. The lowest BCUT2D eigenvalue weighted by atomic mass is 10.0. The van der Waals surface area contributed by atoms with Gasteiger partial charge in [0.05, 0.1) is 5.02 Å². The van der Waals surface area contributed by atoms with Gasteiger partial charge < -0.3 is 5.43 Å². The Morgan fingerprint density at radius 1 is 1.10 bits per heavy atom. The lowest BCUT2D eigenvalue weighted by molar-refractivity contribution is 0.695. The Labute approximate surface area is 133 Å². The second-order valence-electron chi connectivity index (χ2n) is 5.25. The number of rotatable bonds is 3. The summed E-state index contributed by atoms with van der Waals surface area (Å²) in [6, 6.07) is 7.23. The summed E-state index contributed by atoms with van der Waals surface area (Å²) in [5.74, 6) is 7.19. The highest BCUT2D eigenvalue weighted by Crippen LogP contribution is 2.35. The molecule has 1 heterocycles. The quantitative estimate of drug-likeness (QED) is 0.649. The van der Waals surface area contributed by atoms with E-state index in [2.05, 4.69) is 15.4 Å². The van der Waals surface area contributed by atoms with Crippen LogP contribution in [0.3, 0.4) is 0 Å². The summed E-state index contributed by atoms with van der Waals surface area (Å²) in [5.41, 5.74) is 4.40. The van der Waals surface area contributed by atoms with Gasteiger partial charge in [-0.15, -0.1) is 0 Å². The maximum Gasteiger partial charge on any atom is 0.163 e. The fourth-order valence-corrected chi connectivity index (χ4v) is 3.25. The van der Waals surface area contributed by atoms with Crippen LogP contribution in [0.5, 0.6) is 0 Å². The number of aromatic nitrogens is 2. The zero-order chi connectivity index (χ0) is 14.8. The molecule has 1 fully saturated rings. The molecule has 0 atom stereocenters. The standard InChI is InChI=1S/C15H16Cl2N4/c16-10-5-6-11(12(17)7-10)15-19-13(8-14(20-15)21-18)9-3-1-2-4-9/h5-9H,1-4,18H2,(H,19,20,21). The Kier molecular flexibility index (Phi) is 4.29. The van der Waals surface area contributed by atoms with Gasteiger partial charge in [-0.2, -0.15) is 0 Å². The summed E-state index contributed by atoms with van der Waals surface area (Å²) >= 11 is 12.2. The molecule has 1 aliphatic carbocycles. The van der Waals surface area contributed by atoms with Crippen LogP contribution in [-0.2, 0) is 0 Å². The number of nitrogen functional groups attached to an aromatic ring is 1. The van der Waals surface area contributed by atoms with Crippen molar-refractivity contribution in [1.29, 1.82) is 0 Å². The Balaban J connectivity index is 2.06. The second kappa shape index (κ2) is 6.18. The first-order valence-electron chi connectivity index (χ1n) is 6.98. The zero-order valence-corrected chi connectivity index (χ0v) is 13.0. The van der Waals surface area contributed by atoms with E-state index in [0.717, 1.165) is 24.1 Å². The third-order valence-electron chi connectivity index (χ3n) is 3.84. The SMILES string of the molecule is NNc1cc(C2CCCC2)nc(-c2ccc(Cl)cc2Cl)n1. The summed E-state index contributed by atoms with van der Waals surface area (Å²) in [5, 5.41) is 1.13. The summed E-state index contributed by atoms with van der Waals surface area (Å²) in [6.07, 6.45) is 4.82. The van der Waals surface area contributed by atoms with Gasteiger partial charge in [0.2, 0.25) is 0 Å². The van der Waals surface area contributed by atoms with Crippen molar-refractivity contribution < 1.29 is 0 Å². The predicted molar refractivity (Wildman–Crippen MR) is 86.5 cm³/mol. The van der Waals surface area contributed by atoms with E-state index in [9.17, 15) is 0 Å². The molecule has 0 spiro atoms. The molecular weight excluding hydrogens is 307 g/mol. The Hall–Kier alpha value is -1.36. The van der Waals surface area contributed by atoms with Gasteiger partial charge in [0.1, 0.15) is 5.82 Å². The van der Waals surface area contributed by atoms with Crippen LogP contribution < -0.4 is 11.3 Å². The molecule has 0 saturated heterocycles. The summed E-state index contributed by atoms with van der Waals surface area (Å²) in [7, 11) is 0. The van der Waals surface area contributed by atoms with Gasteiger partial charge in [-0.1, -0.05) is 36.0 Å². The Morgan fingerprint density at radius 3 is 2.52 bits per heavy atom. The normalized spacial score (nSPS) is 15.4. The van der Waals surface area contributed by atoms with Crippen molar-refractivity contribution in [2.45, 2.75) is 31.6 Å². The van der Waals surface area contributed by atoms with E-state index < -0.39 is 0 Å². The maximum atomic E-state index is 6.26. The lowest BCUT2D eigenvalue weighted by Gasteiger charge is -2.13.